The zero-order chi connectivity index (χ0) is 20.1. The third-order valence-corrected chi connectivity index (χ3v) is 5.20. The quantitative estimate of drug-likeness (QED) is 0.668. The molecule has 146 valence electrons. The molecule has 1 atom stereocenters. The molecule has 5 heteroatoms. The predicted molar refractivity (Wildman–Crippen MR) is 113 cm³/mol. The Kier molecular flexibility index (Phi) is 6.37. The molecule has 28 heavy (non-hydrogen) atoms. The van der Waals surface area contributed by atoms with Crippen LogP contribution < -0.4 is 5.56 Å². The van der Waals surface area contributed by atoms with Crippen molar-refractivity contribution in [2.24, 2.45) is 0 Å². The van der Waals surface area contributed by atoms with Crippen LogP contribution in [0.15, 0.2) is 53.6 Å². The minimum absolute atomic E-state index is 0.0462. The number of hydrogen-bond acceptors (Lipinski definition) is 4. The number of H-pyrrole nitrogens is 1. The standard InChI is InChI=1S/C23H28N4O/c1-5-20-16(3)25-22(26-23(20)28)18-10-7-9-17(13-18)15-27(4)21(6-2)19-11-8-12-24-14-19/h7-14,21H,5-6,15H2,1-4H3,(H,25,26,28). The van der Waals surface area contributed by atoms with Crippen LogP contribution >= 0.6 is 0 Å². The minimum atomic E-state index is -0.0462. The van der Waals surface area contributed by atoms with Crippen molar-refractivity contribution in [3.05, 3.63) is 81.5 Å². The summed E-state index contributed by atoms with van der Waals surface area (Å²) >= 11 is 0. The summed E-state index contributed by atoms with van der Waals surface area (Å²) < 4.78 is 0. The molecule has 0 aliphatic carbocycles. The summed E-state index contributed by atoms with van der Waals surface area (Å²) in [6.07, 6.45) is 5.44. The van der Waals surface area contributed by atoms with E-state index in [1.54, 1.807) is 6.20 Å². The molecule has 1 unspecified atom stereocenters. The van der Waals surface area contributed by atoms with Crippen LogP contribution in [0.25, 0.3) is 11.4 Å². The van der Waals surface area contributed by atoms with Gasteiger partial charge in [0.05, 0.1) is 0 Å². The SMILES string of the molecule is CCc1c(C)nc(-c2cccc(CN(C)C(CC)c3cccnc3)c2)[nH]c1=O. The highest BCUT2D eigenvalue weighted by molar-refractivity contribution is 5.56. The largest absolute Gasteiger partial charge is 0.306 e. The number of aromatic amines is 1. The van der Waals surface area contributed by atoms with Crippen LogP contribution in [0.4, 0.5) is 0 Å². The number of rotatable bonds is 7. The zero-order valence-electron chi connectivity index (χ0n) is 17.1. The minimum Gasteiger partial charge on any atom is -0.306 e. The first-order valence-corrected chi connectivity index (χ1v) is 9.82. The normalized spacial score (nSPS) is 12.3. The first kappa shape index (κ1) is 20.0. The topological polar surface area (TPSA) is 61.9 Å². The fraction of sp³-hybridized carbons (Fsp3) is 0.348. The highest BCUT2D eigenvalue weighted by Gasteiger charge is 2.16. The maximum atomic E-state index is 12.3. The van der Waals surface area contributed by atoms with E-state index in [0.29, 0.717) is 18.3 Å². The number of nitrogens with one attached hydrogen (secondary N) is 1. The second-order valence-corrected chi connectivity index (χ2v) is 7.16. The summed E-state index contributed by atoms with van der Waals surface area (Å²) in [5, 5.41) is 0. The van der Waals surface area contributed by atoms with Crippen LogP contribution in [0.1, 0.15) is 48.7 Å². The summed E-state index contributed by atoms with van der Waals surface area (Å²) in [4.78, 5) is 26.4. The van der Waals surface area contributed by atoms with Crippen molar-refractivity contribution < 1.29 is 0 Å². The number of benzene rings is 1. The van der Waals surface area contributed by atoms with Crippen molar-refractivity contribution in [3.8, 4) is 11.4 Å². The number of aryl methyl sites for hydroxylation is 1. The van der Waals surface area contributed by atoms with Gasteiger partial charge in [-0.25, -0.2) is 4.98 Å². The van der Waals surface area contributed by atoms with Gasteiger partial charge in [-0.1, -0.05) is 38.1 Å². The van der Waals surface area contributed by atoms with Gasteiger partial charge < -0.3 is 4.98 Å². The lowest BCUT2D eigenvalue weighted by atomic mass is 10.0. The number of pyridine rings is 1. The van der Waals surface area contributed by atoms with Gasteiger partial charge in [-0.2, -0.15) is 0 Å². The van der Waals surface area contributed by atoms with Crippen molar-refractivity contribution in [1.82, 2.24) is 19.9 Å². The molecular formula is C23H28N4O. The molecule has 0 aliphatic rings. The van der Waals surface area contributed by atoms with Crippen LogP contribution in [-0.2, 0) is 13.0 Å². The Morgan fingerprint density at radius 3 is 2.64 bits per heavy atom. The van der Waals surface area contributed by atoms with E-state index in [1.807, 2.05) is 38.2 Å². The van der Waals surface area contributed by atoms with Gasteiger partial charge in [-0.3, -0.25) is 14.7 Å². The van der Waals surface area contributed by atoms with Crippen molar-refractivity contribution in [1.29, 1.82) is 0 Å². The van der Waals surface area contributed by atoms with E-state index in [-0.39, 0.29) is 5.56 Å². The smallest absolute Gasteiger partial charge is 0.254 e. The maximum absolute atomic E-state index is 12.3. The van der Waals surface area contributed by atoms with Gasteiger partial charge >= 0.3 is 0 Å². The van der Waals surface area contributed by atoms with E-state index in [0.717, 1.165) is 29.8 Å². The molecule has 5 nitrogen and oxygen atoms in total. The number of nitrogens with zero attached hydrogens (tertiary/aromatic N) is 3. The van der Waals surface area contributed by atoms with E-state index in [1.165, 1.54) is 11.1 Å². The van der Waals surface area contributed by atoms with Gasteiger partial charge in [0.25, 0.3) is 5.56 Å². The summed E-state index contributed by atoms with van der Waals surface area (Å²) in [5.74, 6) is 0.628. The molecule has 0 saturated carbocycles. The van der Waals surface area contributed by atoms with E-state index in [9.17, 15) is 4.79 Å². The van der Waals surface area contributed by atoms with Crippen molar-refractivity contribution in [3.63, 3.8) is 0 Å². The fourth-order valence-corrected chi connectivity index (χ4v) is 3.75. The average Bonchev–Trinajstić information content (AvgIpc) is 2.69. The lowest BCUT2D eigenvalue weighted by Crippen LogP contribution is -2.24. The molecule has 0 saturated heterocycles. The predicted octanol–water partition coefficient (Wildman–Crippen LogP) is 4.29. The Balaban J connectivity index is 1.85. The Morgan fingerprint density at radius 2 is 2.00 bits per heavy atom. The molecule has 1 N–H and O–H groups in total. The summed E-state index contributed by atoms with van der Waals surface area (Å²) in [6, 6.07) is 12.6. The summed E-state index contributed by atoms with van der Waals surface area (Å²) in [6.45, 7) is 6.87. The highest BCUT2D eigenvalue weighted by Crippen LogP contribution is 2.25. The second kappa shape index (κ2) is 8.93. The van der Waals surface area contributed by atoms with Crippen molar-refractivity contribution >= 4 is 0 Å². The molecule has 0 spiro atoms. The van der Waals surface area contributed by atoms with Gasteiger partial charge in [-0.15, -0.1) is 0 Å². The molecule has 3 rings (SSSR count). The van der Waals surface area contributed by atoms with Crippen molar-refractivity contribution in [2.45, 2.75) is 46.2 Å². The van der Waals surface area contributed by atoms with E-state index in [4.69, 9.17) is 0 Å². The summed E-state index contributed by atoms with van der Waals surface area (Å²) in [7, 11) is 2.13. The molecule has 0 bridgehead atoms. The Hall–Kier alpha value is -2.79. The van der Waals surface area contributed by atoms with Crippen LogP contribution in [0.3, 0.4) is 0 Å². The van der Waals surface area contributed by atoms with Gasteiger partial charge in [0.1, 0.15) is 5.82 Å². The molecule has 2 heterocycles. The first-order chi connectivity index (χ1) is 13.5. The van der Waals surface area contributed by atoms with E-state index >= 15 is 0 Å². The van der Waals surface area contributed by atoms with Gasteiger partial charge in [0, 0.05) is 41.8 Å². The van der Waals surface area contributed by atoms with Crippen molar-refractivity contribution in [2.75, 3.05) is 7.05 Å². The van der Waals surface area contributed by atoms with Crippen LogP contribution in [0.2, 0.25) is 0 Å². The first-order valence-electron chi connectivity index (χ1n) is 9.82. The third-order valence-electron chi connectivity index (χ3n) is 5.20. The zero-order valence-corrected chi connectivity index (χ0v) is 17.1. The van der Waals surface area contributed by atoms with E-state index in [2.05, 4.69) is 52.0 Å². The van der Waals surface area contributed by atoms with Gasteiger partial charge in [-0.05, 0) is 50.1 Å². The molecule has 0 fully saturated rings. The van der Waals surface area contributed by atoms with Crippen LogP contribution in [-0.4, -0.2) is 26.9 Å². The molecule has 3 aromatic rings. The highest BCUT2D eigenvalue weighted by atomic mass is 16.1. The van der Waals surface area contributed by atoms with Gasteiger partial charge in [0.2, 0.25) is 0 Å². The molecular weight excluding hydrogens is 348 g/mol. The third kappa shape index (κ3) is 4.37. The number of hydrogen-bond donors (Lipinski definition) is 1. The number of aromatic nitrogens is 3. The summed E-state index contributed by atoms with van der Waals surface area (Å²) in [5.41, 5.74) is 4.84. The molecule has 0 amide bonds. The monoisotopic (exact) mass is 376 g/mol. The van der Waals surface area contributed by atoms with Crippen LogP contribution in [0.5, 0.6) is 0 Å². The molecule has 0 aliphatic heterocycles. The van der Waals surface area contributed by atoms with Crippen LogP contribution in [0, 0.1) is 6.92 Å². The molecule has 2 aromatic heterocycles. The second-order valence-electron chi connectivity index (χ2n) is 7.16. The molecule has 0 radical (unpaired) electrons. The average molecular weight is 377 g/mol. The Bertz CT molecular complexity index is 981. The Labute approximate surface area is 166 Å². The van der Waals surface area contributed by atoms with Gasteiger partial charge in [0.15, 0.2) is 0 Å². The fourth-order valence-electron chi connectivity index (χ4n) is 3.75. The maximum Gasteiger partial charge on any atom is 0.254 e. The molecule has 1 aromatic carbocycles. The lowest BCUT2D eigenvalue weighted by molar-refractivity contribution is 0.230. The Morgan fingerprint density at radius 1 is 1.18 bits per heavy atom. The lowest BCUT2D eigenvalue weighted by Gasteiger charge is -2.27. The van der Waals surface area contributed by atoms with E-state index < -0.39 is 0 Å².